The molecule has 0 aliphatic carbocycles. The van der Waals surface area contributed by atoms with Gasteiger partial charge in [0.15, 0.2) is 5.78 Å². The molecule has 0 heterocycles. The topological polar surface area (TPSA) is 91.7 Å². The third-order valence-corrected chi connectivity index (χ3v) is 2.12. The van der Waals surface area contributed by atoms with Crippen LogP contribution in [0.3, 0.4) is 0 Å². The molecule has 0 bridgehead atoms. The summed E-state index contributed by atoms with van der Waals surface area (Å²) in [6.07, 6.45) is 0.128. The molecule has 0 aliphatic rings. The van der Waals surface area contributed by atoms with E-state index in [1.54, 1.807) is 6.92 Å². The van der Waals surface area contributed by atoms with Gasteiger partial charge in [-0.15, -0.1) is 0 Å². The highest BCUT2D eigenvalue weighted by Gasteiger charge is 2.17. The molecule has 2 N–H and O–H groups in total. The third kappa shape index (κ3) is 2.25. The van der Waals surface area contributed by atoms with Gasteiger partial charge < -0.3 is 10.2 Å². The van der Waals surface area contributed by atoms with Gasteiger partial charge in [-0.3, -0.25) is 4.79 Å². The zero-order valence-corrected chi connectivity index (χ0v) is 8.56. The van der Waals surface area contributed by atoms with E-state index in [4.69, 9.17) is 10.2 Å². The van der Waals surface area contributed by atoms with E-state index in [-0.39, 0.29) is 28.9 Å². The van der Waals surface area contributed by atoms with Crippen molar-refractivity contribution in [2.45, 2.75) is 13.3 Å². The van der Waals surface area contributed by atoms with E-state index >= 15 is 0 Å². The molecule has 0 saturated heterocycles. The lowest BCUT2D eigenvalue weighted by Crippen LogP contribution is -2.10. The lowest BCUT2D eigenvalue weighted by molar-refractivity contribution is 0.0678. The van der Waals surface area contributed by atoms with Crippen molar-refractivity contribution in [1.29, 1.82) is 0 Å². The van der Waals surface area contributed by atoms with Gasteiger partial charge in [-0.1, -0.05) is 6.92 Å². The molecule has 0 atom stereocenters. The van der Waals surface area contributed by atoms with Crippen LogP contribution in [0.5, 0.6) is 0 Å². The van der Waals surface area contributed by atoms with Crippen LogP contribution in [0, 0.1) is 0 Å². The molecule has 0 fully saturated rings. The van der Waals surface area contributed by atoms with Crippen LogP contribution in [0.4, 0.5) is 0 Å². The molecule has 0 aliphatic heterocycles. The normalized spacial score (nSPS) is 9.81. The summed E-state index contributed by atoms with van der Waals surface area (Å²) < 4.78 is 0. The van der Waals surface area contributed by atoms with Gasteiger partial charge in [-0.25, -0.2) is 9.59 Å². The maximum atomic E-state index is 11.5. The van der Waals surface area contributed by atoms with Crippen molar-refractivity contribution < 1.29 is 24.6 Å². The number of carboxylic acid groups (broad SMARTS) is 2. The molecule has 1 aromatic carbocycles. The van der Waals surface area contributed by atoms with E-state index in [2.05, 4.69) is 0 Å². The molecule has 0 radical (unpaired) electrons. The zero-order chi connectivity index (χ0) is 12.3. The molecule has 0 unspecified atom stereocenters. The highest BCUT2D eigenvalue weighted by Crippen LogP contribution is 2.14. The first kappa shape index (κ1) is 11.9. The van der Waals surface area contributed by atoms with E-state index in [1.165, 1.54) is 0 Å². The molecule has 16 heavy (non-hydrogen) atoms. The molecule has 1 aromatic rings. The van der Waals surface area contributed by atoms with Gasteiger partial charge in [-0.2, -0.15) is 0 Å². The SMILES string of the molecule is CCC(=O)c1cc(C(=O)O)ccc1C(=O)O. The summed E-state index contributed by atoms with van der Waals surface area (Å²) in [6.45, 7) is 1.58. The first-order chi connectivity index (χ1) is 7.47. The monoisotopic (exact) mass is 222 g/mol. The predicted molar refractivity (Wildman–Crippen MR) is 55.0 cm³/mol. The highest BCUT2D eigenvalue weighted by atomic mass is 16.4. The standard InChI is InChI=1S/C11H10O5/c1-2-9(12)8-5-6(10(13)14)3-4-7(8)11(15)16/h3-5H,2H2,1H3,(H,13,14)(H,15,16). The average Bonchev–Trinajstić information content (AvgIpc) is 2.26. The highest BCUT2D eigenvalue weighted by molar-refractivity contribution is 6.07. The number of hydrogen-bond donors (Lipinski definition) is 2. The van der Waals surface area contributed by atoms with E-state index in [0.29, 0.717) is 0 Å². The van der Waals surface area contributed by atoms with Crippen LogP contribution in [0.2, 0.25) is 0 Å². The van der Waals surface area contributed by atoms with E-state index in [9.17, 15) is 14.4 Å². The smallest absolute Gasteiger partial charge is 0.336 e. The van der Waals surface area contributed by atoms with Gasteiger partial charge in [0.1, 0.15) is 0 Å². The van der Waals surface area contributed by atoms with Crippen LogP contribution in [0.25, 0.3) is 0 Å². The maximum Gasteiger partial charge on any atom is 0.336 e. The number of rotatable bonds is 4. The van der Waals surface area contributed by atoms with Crippen LogP contribution in [-0.2, 0) is 0 Å². The van der Waals surface area contributed by atoms with Gasteiger partial charge in [0.05, 0.1) is 11.1 Å². The quantitative estimate of drug-likeness (QED) is 0.756. The van der Waals surface area contributed by atoms with E-state index in [0.717, 1.165) is 18.2 Å². The lowest BCUT2D eigenvalue weighted by atomic mass is 9.99. The van der Waals surface area contributed by atoms with Crippen molar-refractivity contribution in [3.05, 3.63) is 34.9 Å². The first-order valence-electron chi connectivity index (χ1n) is 4.61. The number of carbonyl (C=O) groups excluding carboxylic acids is 1. The van der Waals surface area contributed by atoms with Gasteiger partial charge in [0, 0.05) is 12.0 Å². The molecular weight excluding hydrogens is 212 g/mol. The van der Waals surface area contributed by atoms with Gasteiger partial charge >= 0.3 is 11.9 Å². The van der Waals surface area contributed by atoms with Crippen molar-refractivity contribution in [3.8, 4) is 0 Å². The van der Waals surface area contributed by atoms with Crippen LogP contribution in [0.15, 0.2) is 18.2 Å². The maximum absolute atomic E-state index is 11.5. The van der Waals surface area contributed by atoms with E-state index < -0.39 is 11.9 Å². The Balaban J connectivity index is 3.38. The molecule has 1 rings (SSSR count). The van der Waals surface area contributed by atoms with Crippen molar-refractivity contribution in [3.63, 3.8) is 0 Å². The number of Topliss-reactive ketones (excluding diaryl/α,β-unsaturated/α-hetero) is 1. The Bertz CT molecular complexity index is 461. The van der Waals surface area contributed by atoms with Crippen molar-refractivity contribution in [1.82, 2.24) is 0 Å². The van der Waals surface area contributed by atoms with Crippen molar-refractivity contribution in [2.75, 3.05) is 0 Å². The Morgan fingerprint density at radius 1 is 1.06 bits per heavy atom. The predicted octanol–water partition coefficient (Wildman–Crippen LogP) is 1.68. The lowest BCUT2D eigenvalue weighted by Gasteiger charge is -2.04. The minimum atomic E-state index is -1.24. The minimum absolute atomic E-state index is 0.0603. The number of aromatic carboxylic acids is 2. The number of carbonyl (C=O) groups is 3. The van der Waals surface area contributed by atoms with Crippen molar-refractivity contribution in [2.24, 2.45) is 0 Å². The van der Waals surface area contributed by atoms with Crippen molar-refractivity contribution >= 4 is 17.7 Å². The molecular formula is C11H10O5. The largest absolute Gasteiger partial charge is 0.478 e. The fourth-order valence-electron chi connectivity index (χ4n) is 1.28. The van der Waals surface area contributed by atoms with Crippen LogP contribution in [-0.4, -0.2) is 27.9 Å². The van der Waals surface area contributed by atoms with Crippen LogP contribution in [0.1, 0.15) is 44.4 Å². The summed E-state index contributed by atoms with van der Waals surface area (Å²) in [4.78, 5) is 33.0. The second-order valence-corrected chi connectivity index (χ2v) is 3.15. The third-order valence-electron chi connectivity index (χ3n) is 2.12. The average molecular weight is 222 g/mol. The zero-order valence-electron chi connectivity index (χ0n) is 8.56. The molecule has 0 amide bonds. The summed E-state index contributed by atoms with van der Waals surface area (Å²) in [5.41, 5.74) is -0.325. The van der Waals surface area contributed by atoms with Gasteiger partial charge in [0.2, 0.25) is 0 Å². The molecule has 0 aromatic heterocycles. The summed E-state index contributed by atoms with van der Waals surface area (Å²) in [5.74, 6) is -2.82. The Hall–Kier alpha value is -2.17. The summed E-state index contributed by atoms with van der Waals surface area (Å²) in [5, 5.41) is 17.6. The van der Waals surface area contributed by atoms with E-state index in [1.807, 2.05) is 0 Å². The Morgan fingerprint density at radius 3 is 2.12 bits per heavy atom. The fourth-order valence-corrected chi connectivity index (χ4v) is 1.28. The molecule has 0 spiro atoms. The number of carboxylic acids is 2. The molecule has 84 valence electrons. The Kier molecular flexibility index (Phi) is 3.40. The number of benzene rings is 1. The second kappa shape index (κ2) is 4.57. The Labute approximate surface area is 91.3 Å². The van der Waals surface area contributed by atoms with Crippen LogP contribution >= 0.6 is 0 Å². The van der Waals surface area contributed by atoms with Gasteiger partial charge in [-0.05, 0) is 18.2 Å². The summed E-state index contributed by atoms with van der Waals surface area (Å²) in [6, 6.07) is 3.39. The van der Waals surface area contributed by atoms with Crippen LogP contribution < -0.4 is 0 Å². The first-order valence-corrected chi connectivity index (χ1v) is 4.61. The fraction of sp³-hybridized carbons (Fsp3) is 0.182. The van der Waals surface area contributed by atoms with Gasteiger partial charge in [0.25, 0.3) is 0 Å². The second-order valence-electron chi connectivity index (χ2n) is 3.15. The number of hydrogen-bond acceptors (Lipinski definition) is 3. The molecule has 5 nitrogen and oxygen atoms in total. The molecule has 0 saturated carbocycles. The summed E-state index contributed by atoms with van der Waals surface area (Å²) >= 11 is 0. The molecule has 5 heteroatoms. The Morgan fingerprint density at radius 2 is 1.69 bits per heavy atom. The number of ketones is 1. The summed E-state index contributed by atoms with van der Waals surface area (Å²) in [7, 11) is 0. The minimum Gasteiger partial charge on any atom is -0.478 e.